The summed E-state index contributed by atoms with van der Waals surface area (Å²) >= 11 is 5.89. The van der Waals surface area contributed by atoms with Gasteiger partial charge in [-0.25, -0.2) is 0 Å². The molecular formula is C14H18ClNO2. The summed E-state index contributed by atoms with van der Waals surface area (Å²) in [6.45, 7) is 5.43. The van der Waals surface area contributed by atoms with Gasteiger partial charge < -0.3 is 9.64 Å². The Morgan fingerprint density at radius 1 is 1.39 bits per heavy atom. The van der Waals surface area contributed by atoms with Crippen LogP contribution in [0.5, 0.6) is 5.75 Å². The summed E-state index contributed by atoms with van der Waals surface area (Å²) in [5.41, 5.74) is 0.948. The van der Waals surface area contributed by atoms with Crippen molar-refractivity contribution in [2.75, 3.05) is 13.1 Å². The number of amides is 1. The van der Waals surface area contributed by atoms with Gasteiger partial charge >= 0.3 is 0 Å². The average Bonchev–Trinajstić information content (AvgIpc) is 2.85. The molecule has 1 fully saturated rings. The van der Waals surface area contributed by atoms with Crippen molar-refractivity contribution >= 4 is 17.5 Å². The SMILES string of the molecule is Cc1cc(Cl)ccc1O[C@H](C)C(=O)N1CCCC1. The smallest absolute Gasteiger partial charge is 0.263 e. The van der Waals surface area contributed by atoms with E-state index in [1.54, 1.807) is 13.0 Å². The first kappa shape index (κ1) is 13.2. The second-order valence-corrected chi connectivity index (χ2v) is 5.14. The van der Waals surface area contributed by atoms with Gasteiger partial charge in [0, 0.05) is 18.1 Å². The topological polar surface area (TPSA) is 29.5 Å². The molecule has 1 atom stereocenters. The molecule has 1 aromatic carbocycles. The number of carbonyl (C=O) groups excluding carboxylic acids is 1. The fourth-order valence-electron chi connectivity index (χ4n) is 2.18. The zero-order valence-corrected chi connectivity index (χ0v) is 11.5. The number of aryl methyl sites for hydroxylation is 1. The maximum Gasteiger partial charge on any atom is 0.263 e. The van der Waals surface area contributed by atoms with Gasteiger partial charge in [-0.05, 0) is 50.5 Å². The lowest BCUT2D eigenvalue weighted by molar-refractivity contribution is -0.136. The number of likely N-dealkylation sites (tertiary alicyclic amines) is 1. The van der Waals surface area contributed by atoms with Crippen molar-refractivity contribution in [2.45, 2.75) is 32.8 Å². The monoisotopic (exact) mass is 267 g/mol. The molecule has 1 aliphatic rings. The van der Waals surface area contributed by atoms with Crippen molar-refractivity contribution in [2.24, 2.45) is 0 Å². The van der Waals surface area contributed by atoms with E-state index >= 15 is 0 Å². The van der Waals surface area contributed by atoms with Crippen molar-refractivity contribution in [3.05, 3.63) is 28.8 Å². The van der Waals surface area contributed by atoms with Crippen molar-refractivity contribution < 1.29 is 9.53 Å². The second kappa shape index (κ2) is 5.61. The summed E-state index contributed by atoms with van der Waals surface area (Å²) < 4.78 is 5.72. The minimum absolute atomic E-state index is 0.0712. The summed E-state index contributed by atoms with van der Waals surface area (Å²) in [5, 5.41) is 0.679. The third-order valence-electron chi connectivity index (χ3n) is 3.21. The molecule has 0 aliphatic carbocycles. The van der Waals surface area contributed by atoms with Crippen molar-refractivity contribution in [3.63, 3.8) is 0 Å². The van der Waals surface area contributed by atoms with Crippen LogP contribution in [-0.4, -0.2) is 30.0 Å². The summed E-state index contributed by atoms with van der Waals surface area (Å²) in [6.07, 6.45) is 1.75. The van der Waals surface area contributed by atoms with E-state index in [1.165, 1.54) is 0 Å². The Kier molecular flexibility index (Phi) is 4.12. The van der Waals surface area contributed by atoms with E-state index in [4.69, 9.17) is 16.3 Å². The van der Waals surface area contributed by atoms with Gasteiger partial charge in [-0.2, -0.15) is 0 Å². The molecular weight excluding hydrogens is 250 g/mol. The van der Waals surface area contributed by atoms with E-state index in [-0.39, 0.29) is 5.91 Å². The average molecular weight is 268 g/mol. The molecule has 1 heterocycles. The van der Waals surface area contributed by atoms with Crippen LogP contribution in [0.4, 0.5) is 0 Å². The van der Waals surface area contributed by atoms with E-state index in [0.717, 1.165) is 37.2 Å². The quantitative estimate of drug-likeness (QED) is 0.842. The molecule has 1 aromatic rings. The van der Waals surface area contributed by atoms with Crippen LogP contribution in [0.15, 0.2) is 18.2 Å². The number of benzene rings is 1. The largest absolute Gasteiger partial charge is 0.481 e. The molecule has 2 rings (SSSR count). The molecule has 0 spiro atoms. The highest BCUT2D eigenvalue weighted by Crippen LogP contribution is 2.23. The van der Waals surface area contributed by atoms with E-state index in [0.29, 0.717) is 5.02 Å². The number of hydrogen-bond donors (Lipinski definition) is 0. The standard InChI is InChI=1S/C14H18ClNO2/c1-10-9-12(15)5-6-13(10)18-11(2)14(17)16-7-3-4-8-16/h5-6,9,11H,3-4,7-8H2,1-2H3/t11-/m1/s1. The molecule has 0 bridgehead atoms. The molecule has 1 saturated heterocycles. The Hall–Kier alpha value is -1.22. The first-order valence-electron chi connectivity index (χ1n) is 6.29. The fourth-order valence-corrected chi connectivity index (χ4v) is 2.41. The maximum atomic E-state index is 12.1. The van der Waals surface area contributed by atoms with Gasteiger partial charge in [0.25, 0.3) is 5.91 Å². The lowest BCUT2D eigenvalue weighted by Gasteiger charge is -2.22. The van der Waals surface area contributed by atoms with Gasteiger partial charge in [-0.1, -0.05) is 11.6 Å². The predicted molar refractivity (Wildman–Crippen MR) is 72.1 cm³/mol. The van der Waals surface area contributed by atoms with Crippen molar-refractivity contribution in [1.29, 1.82) is 0 Å². The third kappa shape index (κ3) is 2.96. The Morgan fingerprint density at radius 3 is 2.67 bits per heavy atom. The minimum Gasteiger partial charge on any atom is -0.481 e. The molecule has 98 valence electrons. The van der Waals surface area contributed by atoms with Crippen LogP contribution in [-0.2, 0) is 4.79 Å². The number of hydrogen-bond acceptors (Lipinski definition) is 2. The molecule has 1 amide bonds. The van der Waals surface area contributed by atoms with Crippen LogP contribution < -0.4 is 4.74 Å². The van der Waals surface area contributed by atoms with Gasteiger partial charge in [0.15, 0.2) is 6.10 Å². The third-order valence-corrected chi connectivity index (χ3v) is 3.44. The second-order valence-electron chi connectivity index (χ2n) is 4.70. The number of halogens is 1. The van der Waals surface area contributed by atoms with E-state index < -0.39 is 6.10 Å². The summed E-state index contributed by atoms with van der Waals surface area (Å²) in [6, 6.07) is 5.42. The van der Waals surface area contributed by atoms with E-state index in [9.17, 15) is 4.79 Å². The predicted octanol–water partition coefficient (Wildman–Crippen LogP) is 3.04. The normalized spacial score (nSPS) is 16.7. The fraction of sp³-hybridized carbons (Fsp3) is 0.500. The minimum atomic E-state index is -0.442. The molecule has 0 aromatic heterocycles. The van der Waals surface area contributed by atoms with Gasteiger partial charge in [-0.15, -0.1) is 0 Å². The first-order chi connectivity index (χ1) is 8.58. The number of carbonyl (C=O) groups is 1. The Labute approximate surface area is 113 Å². The van der Waals surface area contributed by atoms with Crippen LogP contribution in [0.2, 0.25) is 5.02 Å². The Balaban J connectivity index is 2.01. The molecule has 4 heteroatoms. The zero-order chi connectivity index (χ0) is 13.1. The lowest BCUT2D eigenvalue weighted by atomic mass is 10.2. The molecule has 18 heavy (non-hydrogen) atoms. The molecule has 0 unspecified atom stereocenters. The van der Waals surface area contributed by atoms with Crippen molar-refractivity contribution in [3.8, 4) is 5.75 Å². The van der Waals surface area contributed by atoms with Crippen LogP contribution in [0, 0.1) is 6.92 Å². The molecule has 0 radical (unpaired) electrons. The summed E-state index contributed by atoms with van der Waals surface area (Å²) in [5.74, 6) is 0.793. The van der Waals surface area contributed by atoms with Gasteiger partial charge in [0.2, 0.25) is 0 Å². The van der Waals surface area contributed by atoms with Gasteiger partial charge in [-0.3, -0.25) is 4.79 Å². The highest BCUT2D eigenvalue weighted by molar-refractivity contribution is 6.30. The summed E-state index contributed by atoms with van der Waals surface area (Å²) in [7, 11) is 0. The number of nitrogens with zero attached hydrogens (tertiary/aromatic N) is 1. The summed E-state index contributed by atoms with van der Waals surface area (Å²) in [4.78, 5) is 14.0. The maximum absolute atomic E-state index is 12.1. The Morgan fingerprint density at radius 2 is 2.06 bits per heavy atom. The van der Waals surface area contributed by atoms with Crippen LogP contribution in [0.1, 0.15) is 25.3 Å². The van der Waals surface area contributed by atoms with Crippen molar-refractivity contribution in [1.82, 2.24) is 4.90 Å². The van der Waals surface area contributed by atoms with Crippen LogP contribution in [0.25, 0.3) is 0 Å². The van der Waals surface area contributed by atoms with Gasteiger partial charge in [0.1, 0.15) is 5.75 Å². The zero-order valence-electron chi connectivity index (χ0n) is 10.8. The van der Waals surface area contributed by atoms with E-state index in [1.807, 2.05) is 24.0 Å². The Bertz CT molecular complexity index is 441. The van der Waals surface area contributed by atoms with E-state index in [2.05, 4.69) is 0 Å². The number of ether oxygens (including phenoxy) is 1. The first-order valence-corrected chi connectivity index (χ1v) is 6.67. The lowest BCUT2D eigenvalue weighted by Crippen LogP contribution is -2.38. The van der Waals surface area contributed by atoms with Crippen LogP contribution >= 0.6 is 11.6 Å². The highest BCUT2D eigenvalue weighted by atomic mass is 35.5. The highest BCUT2D eigenvalue weighted by Gasteiger charge is 2.24. The molecule has 0 N–H and O–H groups in total. The van der Waals surface area contributed by atoms with Crippen LogP contribution in [0.3, 0.4) is 0 Å². The molecule has 1 aliphatic heterocycles. The molecule has 3 nitrogen and oxygen atoms in total. The van der Waals surface area contributed by atoms with Gasteiger partial charge in [0.05, 0.1) is 0 Å². The molecule has 0 saturated carbocycles. The number of rotatable bonds is 3.